The second kappa shape index (κ2) is 7.39. The average molecular weight is 295 g/mol. The van der Waals surface area contributed by atoms with Crippen LogP contribution in [0.2, 0.25) is 0 Å². The summed E-state index contributed by atoms with van der Waals surface area (Å²) >= 11 is 0. The zero-order valence-electron chi connectivity index (χ0n) is 13.7. The van der Waals surface area contributed by atoms with Gasteiger partial charge in [0.15, 0.2) is 0 Å². The SMILES string of the molecule is CCC(CC)n1ccc(CC(C)(F)CC2CCCCN2)n1. The van der Waals surface area contributed by atoms with Gasteiger partial charge in [0.05, 0.1) is 11.7 Å². The fourth-order valence-corrected chi connectivity index (χ4v) is 3.40. The molecule has 0 spiro atoms. The fourth-order valence-electron chi connectivity index (χ4n) is 3.40. The van der Waals surface area contributed by atoms with Crippen LogP contribution >= 0.6 is 0 Å². The molecule has 0 aliphatic carbocycles. The third-order valence-electron chi connectivity index (χ3n) is 4.61. The van der Waals surface area contributed by atoms with E-state index in [1.165, 1.54) is 12.8 Å². The summed E-state index contributed by atoms with van der Waals surface area (Å²) in [5.41, 5.74) is -0.301. The molecule has 4 heteroatoms. The molecule has 1 aliphatic heterocycles. The second-order valence-electron chi connectivity index (χ2n) is 6.70. The molecule has 0 bridgehead atoms. The van der Waals surface area contributed by atoms with E-state index < -0.39 is 5.67 Å². The standard InChI is InChI=1S/C17H30FN3/c1-4-16(5-2)21-11-9-15(20-21)13-17(3,18)12-14-8-6-7-10-19-14/h9,11,14,16,19H,4-8,10,12-13H2,1-3H3. The lowest BCUT2D eigenvalue weighted by molar-refractivity contribution is 0.144. The van der Waals surface area contributed by atoms with Gasteiger partial charge in [0.2, 0.25) is 0 Å². The third kappa shape index (κ3) is 4.80. The monoisotopic (exact) mass is 295 g/mol. The molecule has 21 heavy (non-hydrogen) atoms. The predicted molar refractivity (Wildman–Crippen MR) is 85.3 cm³/mol. The molecular formula is C17H30FN3. The van der Waals surface area contributed by atoms with Crippen LogP contribution in [0.1, 0.15) is 71.0 Å². The summed E-state index contributed by atoms with van der Waals surface area (Å²) in [6.07, 6.45) is 8.68. The van der Waals surface area contributed by atoms with Crippen molar-refractivity contribution < 1.29 is 4.39 Å². The number of alkyl halides is 1. The smallest absolute Gasteiger partial charge is 0.115 e. The van der Waals surface area contributed by atoms with E-state index in [0.717, 1.165) is 31.5 Å². The summed E-state index contributed by atoms with van der Waals surface area (Å²) in [4.78, 5) is 0. The lowest BCUT2D eigenvalue weighted by atomic mass is 9.90. The van der Waals surface area contributed by atoms with E-state index in [1.807, 2.05) is 16.9 Å². The van der Waals surface area contributed by atoms with Crippen molar-refractivity contribution in [1.29, 1.82) is 0 Å². The first-order chi connectivity index (χ1) is 10.0. The minimum Gasteiger partial charge on any atom is -0.314 e. The van der Waals surface area contributed by atoms with Crippen LogP contribution in [-0.4, -0.2) is 28.0 Å². The van der Waals surface area contributed by atoms with Crippen molar-refractivity contribution >= 4 is 0 Å². The van der Waals surface area contributed by atoms with Crippen molar-refractivity contribution in [2.24, 2.45) is 0 Å². The Hall–Kier alpha value is -0.900. The highest BCUT2D eigenvalue weighted by molar-refractivity contribution is 5.05. The molecule has 0 radical (unpaired) electrons. The number of rotatable bonds is 7. The molecule has 0 saturated carbocycles. The van der Waals surface area contributed by atoms with Gasteiger partial charge >= 0.3 is 0 Å². The summed E-state index contributed by atoms with van der Waals surface area (Å²) < 4.78 is 16.8. The van der Waals surface area contributed by atoms with E-state index in [4.69, 9.17) is 0 Å². The highest BCUT2D eigenvalue weighted by Crippen LogP contribution is 2.26. The Kier molecular flexibility index (Phi) is 5.80. The van der Waals surface area contributed by atoms with Gasteiger partial charge in [-0.05, 0) is 51.6 Å². The van der Waals surface area contributed by atoms with Crippen LogP contribution in [0.5, 0.6) is 0 Å². The maximum absolute atomic E-state index is 14.8. The number of nitrogens with zero attached hydrogens (tertiary/aromatic N) is 2. The molecular weight excluding hydrogens is 265 g/mol. The number of aromatic nitrogens is 2. The molecule has 2 rings (SSSR count). The van der Waals surface area contributed by atoms with Crippen LogP contribution < -0.4 is 5.32 Å². The van der Waals surface area contributed by atoms with Crippen molar-refractivity contribution in [1.82, 2.24) is 15.1 Å². The van der Waals surface area contributed by atoms with Gasteiger partial charge < -0.3 is 5.32 Å². The second-order valence-corrected chi connectivity index (χ2v) is 6.70. The first-order valence-corrected chi connectivity index (χ1v) is 8.50. The summed E-state index contributed by atoms with van der Waals surface area (Å²) in [6, 6.07) is 2.74. The Labute approximate surface area is 128 Å². The third-order valence-corrected chi connectivity index (χ3v) is 4.61. The number of nitrogens with one attached hydrogen (secondary N) is 1. The molecule has 2 heterocycles. The molecule has 1 aromatic heterocycles. The van der Waals surface area contributed by atoms with Crippen LogP contribution in [0.25, 0.3) is 0 Å². The van der Waals surface area contributed by atoms with Crippen molar-refractivity contribution in [3.8, 4) is 0 Å². The molecule has 1 aliphatic rings. The zero-order chi connectivity index (χ0) is 15.3. The van der Waals surface area contributed by atoms with E-state index in [9.17, 15) is 4.39 Å². The molecule has 1 N–H and O–H groups in total. The van der Waals surface area contributed by atoms with Crippen LogP contribution in [0.3, 0.4) is 0 Å². The Balaban J connectivity index is 1.92. The van der Waals surface area contributed by atoms with Crippen molar-refractivity contribution in [3.63, 3.8) is 0 Å². The van der Waals surface area contributed by atoms with Gasteiger partial charge in [-0.3, -0.25) is 4.68 Å². The number of hydrogen-bond donors (Lipinski definition) is 1. The highest BCUT2D eigenvalue weighted by Gasteiger charge is 2.29. The minimum absolute atomic E-state index is 0.329. The first kappa shape index (κ1) is 16.5. The summed E-state index contributed by atoms with van der Waals surface area (Å²) in [5.74, 6) is 0. The van der Waals surface area contributed by atoms with Crippen LogP contribution in [0.15, 0.2) is 12.3 Å². The first-order valence-electron chi connectivity index (χ1n) is 8.50. The van der Waals surface area contributed by atoms with Crippen LogP contribution in [0, 0.1) is 0 Å². The van der Waals surface area contributed by atoms with E-state index in [-0.39, 0.29) is 0 Å². The summed E-state index contributed by atoms with van der Waals surface area (Å²) in [7, 11) is 0. The lowest BCUT2D eigenvalue weighted by Crippen LogP contribution is -2.40. The van der Waals surface area contributed by atoms with Crippen molar-refractivity contribution in [3.05, 3.63) is 18.0 Å². The minimum atomic E-state index is -1.18. The molecule has 3 nitrogen and oxygen atoms in total. The molecule has 1 fully saturated rings. The van der Waals surface area contributed by atoms with Gasteiger partial charge in [-0.1, -0.05) is 20.3 Å². The predicted octanol–water partition coefficient (Wildman–Crippen LogP) is 4.05. The summed E-state index contributed by atoms with van der Waals surface area (Å²) in [6.45, 7) is 7.09. The number of halogens is 1. The van der Waals surface area contributed by atoms with Gasteiger partial charge in [0.25, 0.3) is 0 Å². The topological polar surface area (TPSA) is 29.9 Å². The average Bonchev–Trinajstić information content (AvgIpc) is 2.88. The normalized spacial score (nSPS) is 22.4. The van der Waals surface area contributed by atoms with E-state index >= 15 is 0 Å². The fraction of sp³-hybridized carbons (Fsp3) is 0.824. The van der Waals surface area contributed by atoms with Crippen LogP contribution in [0.4, 0.5) is 4.39 Å². The van der Waals surface area contributed by atoms with Gasteiger partial charge in [-0.2, -0.15) is 5.10 Å². The molecule has 0 amide bonds. The Morgan fingerprint density at radius 1 is 1.43 bits per heavy atom. The molecule has 0 aromatic carbocycles. The van der Waals surface area contributed by atoms with E-state index in [2.05, 4.69) is 24.3 Å². The maximum atomic E-state index is 14.8. The Bertz CT molecular complexity index is 417. The van der Waals surface area contributed by atoms with Gasteiger partial charge in [-0.15, -0.1) is 0 Å². The maximum Gasteiger partial charge on any atom is 0.115 e. The lowest BCUT2D eigenvalue weighted by Gasteiger charge is -2.29. The van der Waals surface area contributed by atoms with Gasteiger partial charge in [0.1, 0.15) is 5.67 Å². The largest absolute Gasteiger partial charge is 0.314 e. The van der Waals surface area contributed by atoms with Crippen molar-refractivity contribution in [2.45, 2.75) is 83.5 Å². The molecule has 120 valence electrons. The molecule has 1 aromatic rings. The van der Waals surface area contributed by atoms with E-state index in [1.54, 1.807) is 6.92 Å². The van der Waals surface area contributed by atoms with Gasteiger partial charge in [-0.25, -0.2) is 4.39 Å². The van der Waals surface area contributed by atoms with Crippen molar-refractivity contribution in [2.75, 3.05) is 6.54 Å². The number of hydrogen-bond acceptors (Lipinski definition) is 2. The summed E-state index contributed by atoms with van der Waals surface area (Å²) in [5, 5.41) is 8.02. The van der Waals surface area contributed by atoms with E-state index in [0.29, 0.717) is 24.9 Å². The van der Waals surface area contributed by atoms with Crippen LogP contribution in [-0.2, 0) is 6.42 Å². The molecule has 2 atom stereocenters. The molecule has 1 saturated heterocycles. The van der Waals surface area contributed by atoms with Gasteiger partial charge in [0, 0.05) is 18.7 Å². The molecule has 2 unspecified atom stereocenters. The Morgan fingerprint density at radius 3 is 2.81 bits per heavy atom. The zero-order valence-corrected chi connectivity index (χ0v) is 13.7. The quantitative estimate of drug-likeness (QED) is 0.822. The number of piperidine rings is 1. The Morgan fingerprint density at radius 2 is 2.19 bits per heavy atom. The highest BCUT2D eigenvalue weighted by atomic mass is 19.1.